The molecule has 0 radical (unpaired) electrons. The Hall–Kier alpha value is -1.36. The zero-order valence-electron chi connectivity index (χ0n) is 6.68. The summed E-state index contributed by atoms with van der Waals surface area (Å²) >= 11 is 0. The zero-order valence-corrected chi connectivity index (χ0v) is 6.68. The van der Waals surface area contributed by atoms with E-state index < -0.39 is 5.69 Å². The van der Waals surface area contributed by atoms with Gasteiger partial charge in [-0.1, -0.05) is 0 Å². The Morgan fingerprint density at radius 1 is 1.25 bits per heavy atom. The first-order valence-electron chi connectivity index (χ1n) is 3.70. The van der Waals surface area contributed by atoms with Gasteiger partial charge < -0.3 is 4.98 Å². The van der Waals surface area contributed by atoms with E-state index in [1.54, 1.807) is 0 Å². The number of hydrogen-bond acceptors (Lipinski definition) is 3. The zero-order chi connectivity index (χ0) is 8.72. The van der Waals surface area contributed by atoms with E-state index in [1.807, 2.05) is 11.9 Å². The third-order valence-corrected chi connectivity index (χ3v) is 1.99. The summed E-state index contributed by atoms with van der Waals surface area (Å²) in [5.74, 6) is 0. The van der Waals surface area contributed by atoms with Gasteiger partial charge in [-0.25, -0.2) is 4.79 Å². The molecule has 0 spiro atoms. The second-order valence-corrected chi connectivity index (χ2v) is 3.04. The predicted molar refractivity (Wildman–Crippen MR) is 42.9 cm³/mol. The third-order valence-electron chi connectivity index (χ3n) is 1.99. The van der Waals surface area contributed by atoms with Gasteiger partial charge in [0.15, 0.2) is 0 Å². The maximum Gasteiger partial charge on any atom is 0.325 e. The highest BCUT2D eigenvalue weighted by Gasteiger charge is 2.19. The van der Waals surface area contributed by atoms with Crippen LogP contribution in [0.5, 0.6) is 0 Å². The van der Waals surface area contributed by atoms with Gasteiger partial charge in [0.25, 0.3) is 5.56 Å². The van der Waals surface area contributed by atoms with Crippen LogP contribution >= 0.6 is 0 Å². The van der Waals surface area contributed by atoms with Gasteiger partial charge in [0.05, 0.1) is 5.56 Å². The summed E-state index contributed by atoms with van der Waals surface area (Å²) in [6.07, 6.45) is 0. The van der Waals surface area contributed by atoms with Crippen LogP contribution in [0, 0.1) is 0 Å². The minimum absolute atomic E-state index is 0.266. The quantitative estimate of drug-likeness (QED) is 0.521. The molecule has 2 N–H and O–H groups in total. The van der Waals surface area contributed by atoms with Crippen LogP contribution in [0.15, 0.2) is 9.59 Å². The van der Waals surface area contributed by atoms with E-state index in [1.165, 1.54) is 0 Å². The van der Waals surface area contributed by atoms with Crippen LogP contribution in [0.25, 0.3) is 0 Å². The summed E-state index contributed by atoms with van der Waals surface area (Å²) in [5.41, 5.74) is 0.732. The normalized spacial score (nSPS) is 16.4. The molecule has 0 unspecified atom stereocenters. The van der Waals surface area contributed by atoms with Crippen molar-refractivity contribution in [3.63, 3.8) is 0 Å². The fourth-order valence-corrected chi connectivity index (χ4v) is 1.46. The maximum absolute atomic E-state index is 11.2. The molecule has 5 nitrogen and oxygen atoms in total. The van der Waals surface area contributed by atoms with E-state index in [4.69, 9.17) is 0 Å². The molecule has 5 heteroatoms. The lowest BCUT2D eigenvalue weighted by Gasteiger charge is -2.01. The van der Waals surface area contributed by atoms with Crippen LogP contribution in [-0.2, 0) is 13.1 Å². The number of hydrogen-bond donors (Lipinski definition) is 2. The van der Waals surface area contributed by atoms with Gasteiger partial charge >= 0.3 is 5.69 Å². The molecule has 1 aliphatic heterocycles. The van der Waals surface area contributed by atoms with Crippen molar-refractivity contribution < 1.29 is 0 Å². The average Bonchev–Trinajstić information content (AvgIpc) is 2.29. The first kappa shape index (κ1) is 7.30. The highest BCUT2D eigenvalue weighted by atomic mass is 16.2. The molecular weight excluding hydrogens is 158 g/mol. The second-order valence-electron chi connectivity index (χ2n) is 3.04. The van der Waals surface area contributed by atoms with Crippen molar-refractivity contribution in [2.75, 3.05) is 7.05 Å². The molecule has 2 rings (SSSR count). The fourth-order valence-electron chi connectivity index (χ4n) is 1.46. The summed E-state index contributed by atoms with van der Waals surface area (Å²) in [5, 5.41) is 0. The van der Waals surface area contributed by atoms with Crippen LogP contribution in [0.3, 0.4) is 0 Å². The fraction of sp³-hybridized carbons (Fsp3) is 0.429. The molecule has 0 saturated heterocycles. The molecule has 1 aliphatic rings. The number of aromatic amines is 2. The summed E-state index contributed by atoms with van der Waals surface area (Å²) in [6, 6.07) is 0. The minimum Gasteiger partial charge on any atom is -0.310 e. The first-order valence-corrected chi connectivity index (χ1v) is 3.70. The Morgan fingerprint density at radius 2 is 2.00 bits per heavy atom. The summed E-state index contributed by atoms with van der Waals surface area (Å²) in [7, 11) is 1.90. The smallest absolute Gasteiger partial charge is 0.310 e. The highest BCUT2D eigenvalue weighted by Crippen LogP contribution is 2.12. The standard InChI is InChI=1S/C7H9N3O2/c1-10-2-4-5(3-10)8-7(12)9-6(4)11/h2-3H2,1H3,(H2,8,9,11,12). The van der Waals surface area contributed by atoms with E-state index >= 15 is 0 Å². The lowest BCUT2D eigenvalue weighted by atomic mass is 10.3. The lowest BCUT2D eigenvalue weighted by molar-refractivity contribution is 0.350. The molecule has 0 bridgehead atoms. The van der Waals surface area contributed by atoms with Gasteiger partial charge in [0.2, 0.25) is 0 Å². The van der Waals surface area contributed by atoms with E-state index in [2.05, 4.69) is 9.97 Å². The maximum atomic E-state index is 11.2. The van der Waals surface area contributed by atoms with Gasteiger partial charge in [-0.2, -0.15) is 0 Å². The largest absolute Gasteiger partial charge is 0.325 e. The molecule has 0 aliphatic carbocycles. The third kappa shape index (κ3) is 0.984. The molecular formula is C7H9N3O2. The van der Waals surface area contributed by atoms with E-state index in [0.717, 1.165) is 5.69 Å². The van der Waals surface area contributed by atoms with Crippen molar-refractivity contribution in [2.45, 2.75) is 13.1 Å². The minimum atomic E-state index is -0.422. The SMILES string of the molecule is CN1Cc2[nH]c(=O)[nH]c(=O)c2C1. The Bertz CT molecular complexity index is 417. The van der Waals surface area contributed by atoms with Crippen molar-refractivity contribution in [2.24, 2.45) is 0 Å². The van der Waals surface area contributed by atoms with Crippen molar-refractivity contribution in [3.8, 4) is 0 Å². The van der Waals surface area contributed by atoms with E-state index in [0.29, 0.717) is 18.7 Å². The van der Waals surface area contributed by atoms with Crippen LogP contribution in [0.4, 0.5) is 0 Å². The van der Waals surface area contributed by atoms with Crippen molar-refractivity contribution in [1.29, 1.82) is 0 Å². The molecule has 0 saturated carbocycles. The number of fused-ring (bicyclic) bond motifs is 1. The van der Waals surface area contributed by atoms with Gasteiger partial charge in [0, 0.05) is 18.8 Å². The van der Waals surface area contributed by atoms with Gasteiger partial charge in [-0.05, 0) is 7.05 Å². The monoisotopic (exact) mass is 167 g/mol. The Kier molecular flexibility index (Phi) is 1.41. The van der Waals surface area contributed by atoms with Crippen LogP contribution in [0.1, 0.15) is 11.3 Å². The first-order chi connectivity index (χ1) is 5.66. The molecule has 12 heavy (non-hydrogen) atoms. The number of H-pyrrole nitrogens is 2. The van der Waals surface area contributed by atoms with Crippen molar-refractivity contribution in [3.05, 3.63) is 32.1 Å². The number of rotatable bonds is 0. The average molecular weight is 167 g/mol. The number of nitrogens with zero attached hydrogens (tertiary/aromatic N) is 1. The van der Waals surface area contributed by atoms with Gasteiger partial charge in [0.1, 0.15) is 0 Å². The van der Waals surface area contributed by atoms with Crippen LogP contribution < -0.4 is 11.2 Å². The molecule has 2 heterocycles. The van der Waals surface area contributed by atoms with Gasteiger partial charge in [-0.15, -0.1) is 0 Å². The number of aromatic nitrogens is 2. The molecule has 1 aromatic rings. The van der Waals surface area contributed by atoms with Crippen LogP contribution in [-0.4, -0.2) is 21.9 Å². The Morgan fingerprint density at radius 3 is 2.75 bits per heavy atom. The van der Waals surface area contributed by atoms with Gasteiger partial charge in [-0.3, -0.25) is 14.7 Å². The summed E-state index contributed by atoms with van der Waals surface area (Å²) < 4.78 is 0. The molecule has 64 valence electrons. The van der Waals surface area contributed by atoms with Crippen molar-refractivity contribution in [1.82, 2.24) is 14.9 Å². The molecule has 0 aromatic carbocycles. The highest BCUT2D eigenvalue weighted by molar-refractivity contribution is 5.19. The topological polar surface area (TPSA) is 69.0 Å². The van der Waals surface area contributed by atoms with E-state index in [9.17, 15) is 9.59 Å². The Balaban J connectivity index is 2.68. The van der Waals surface area contributed by atoms with E-state index in [-0.39, 0.29) is 5.56 Å². The molecule has 1 aromatic heterocycles. The lowest BCUT2D eigenvalue weighted by Crippen LogP contribution is -2.25. The molecule has 0 atom stereocenters. The van der Waals surface area contributed by atoms with Crippen LogP contribution in [0.2, 0.25) is 0 Å². The second kappa shape index (κ2) is 2.31. The summed E-state index contributed by atoms with van der Waals surface area (Å²) in [6.45, 7) is 1.26. The number of nitrogens with one attached hydrogen (secondary N) is 2. The molecule has 0 fully saturated rings. The van der Waals surface area contributed by atoms with Crippen molar-refractivity contribution >= 4 is 0 Å². The predicted octanol–water partition coefficient (Wildman–Crippen LogP) is -0.991. The molecule has 0 amide bonds. The summed E-state index contributed by atoms with van der Waals surface area (Å²) in [4.78, 5) is 28.8. The Labute approximate surface area is 68.0 Å².